The zero-order valence-corrected chi connectivity index (χ0v) is 16.2. The van der Waals surface area contributed by atoms with Crippen LogP contribution in [-0.4, -0.2) is 31.9 Å². The molecule has 0 aliphatic carbocycles. The van der Waals surface area contributed by atoms with Crippen LogP contribution in [0.15, 0.2) is 36.4 Å². The van der Waals surface area contributed by atoms with Crippen LogP contribution in [0.5, 0.6) is 11.5 Å². The summed E-state index contributed by atoms with van der Waals surface area (Å²) in [6, 6.07) is 11.9. The van der Waals surface area contributed by atoms with Gasteiger partial charge >= 0.3 is 0 Å². The van der Waals surface area contributed by atoms with Crippen molar-refractivity contribution in [3.63, 3.8) is 0 Å². The molecule has 0 spiro atoms. The van der Waals surface area contributed by atoms with E-state index in [9.17, 15) is 4.79 Å². The SMILES string of the molecule is CCCc1c(-c2ccccc2)n(C)c2c(C=O)cc(OC)c(OCOC)c12. The predicted octanol–water partition coefficient (Wildman–Crippen LogP) is 4.60. The fourth-order valence-electron chi connectivity index (χ4n) is 3.68. The Kier molecular flexibility index (Phi) is 5.81. The topological polar surface area (TPSA) is 49.7 Å². The minimum Gasteiger partial charge on any atom is -0.493 e. The van der Waals surface area contributed by atoms with Crippen molar-refractivity contribution in [3.8, 4) is 22.8 Å². The van der Waals surface area contributed by atoms with E-state index in [1.165, 1.54) is 0 Å². The van der Waals surface area contributed by atoms with Crippen molar-refractivity contribution in [3.05, 3.63) is 47.5 Å². The predicted molar refractivity (Wildman–Crippen MR) is 107 cm³/mol. The molecular weight excluding hydrogens is 342 g/mol. The van der Waals surface area contributed by atoms with Gasteiger partial charge in [-0.1, -0.05) is 43.7 Å². The molecule has 0 bridgehead atoms. The number of carbonyl (C=O) groups excluding carboxylic acids is 1. The normalized spacial score (nSPS) is 11.0. The Labute approximate surface area is 159 Å². The highest BCUT2D eigenvalue weighted by atomic mass is 16.7. The van der Waals surface area contributed by atoms with Crippen molar-refractivity contribution in [2.24, 2.45) is 7.05 Å². The number of ether oxygens (including phenoxy) is 3. The number of fused-ring (bicyclic) bond motifs is 1. The smallest absolute Gasteiger partial charge is 0.188 e. The summed E-state index contributed by atoms with van der Waals surface area (Å²) in [4.78, 5) is 11.8. The van der Waals surface area contributed by atoms with E-state index in [-0.39, 0.29) is 6.79 Å². The van der Waals surface area contributed by atoms with Crippen LogP contribution in [0.3, 0.4) is 0 Å². The van der Waals surface area contributed by atoms with Crippen molar-refractivity contribution >= 4 is 17.2 Å². The van der Waals surface area contributed by atoms with Crippen LogP contribution in [-0.2, 0) is 18.2 Å². The molecule has 142 valence electrons. The second kappa shape index (κ2) is 8.27. The molecule has 27 heavy (non-hydrogen) atoms. The molecule has 0 N–H and O–H groups in total. The second-order valence-electron chi connectivity index (χ2n) is 6.39. The first-order valence-corrected chi connectivity index (χ1v) is 9.02. The molecule has 5 heteroatoms. The highest BCUT2D eigenvalue weighted by Crippen LogP contribution is 2.45. The molecule has 0 saturated carbocycles. The van der Waals surface area contributed by atoms with Crippen LogP contribution in [0, 0.1) is 0 Å². The quantitative estimate of drug-likeness (QED) is 0.431. The van der Waals surface area contributed by atoms with E-state index < -0.39 is 0 Å². The van der Waals surface area contributed by atoms with Gasteiger partial charge in [-0.05, 0) is 23.6 Å². The molecule has 1 aromatic heterocycles. The molecule has 3 aromatic rings. The first-order valence-electron chi connectivity index (χ1n) is 9.02. The summed E-state index contributed by atoms with van der Waals surface area (Å²) in [5.74, 6) is 1.14. The molecule has 5 nitrogen and oxygen atoms in total. The van der Waals surface area contributed by atoms with Crippen LogP contribution in [0.4, 0.5) is 0 Å². The average Bonchev–Trinajstić information content (AvgIpc) is 2.99. The van der Waals surface area contributed by atoms with Crippen LogP contribution >= 0.6 is 0 Å². The van der Waals surface area contributed by atoms with Gasteiger partial charge in [0.05, 0.1) is 23.7 Å². The fraction of sp³-hybridized carbons (Fsp3) is 0.318. The summed E-state index contributed by atoms with van der Waals surface area (Å²) in [5, 5.41) is 0.914. The van der Waals surface area contributed by atoms with Gasteiger partial charge in [0.1, 0.15) is 0 Å². The fourth-order valence-corrected chi connectivity index (χ4v) is 3.68. The Balaban J connectivity index is 2.45. The molecule has 0 aliphatic rings. The number of rotatable bonds is 8. The van der Waals surface area contributed by atoms with Gasteiger partial charge in [0.25, 0.3) is 0 Å². The van der Waals surface area contributed by atoms with Gasteiger partial charge in [0.15, 0.2) is 24.6 Å². The number of aldehydes is 1. The third kappa shape index (κ3) is 3.30. The van der Waals surface area contributed by atoms with Gasteiger partial charge in [-0.25, -0.2) is 0 Å². The Morgan fingerprint density at radius 2 is 1.89 bits per heavy atom. The summed E-state index contributed by atoms with van der Waals surface area (Å²) in [6.45, 7) is 2.25. The van der Waals surface area contributed by atoms with Crippen molar-refractivity contribution < 1.29 is 19.0 Å². The summed E-state index contributed by atoms with van der Waals surface area (Å²) in [6.07, 6.45) is 2.70. The third-order valence-electron chi connectivity index (χ3n) is 4.72. The van der Waals surface area contributed by atoms with Crippen LogP contribution in [0.2, 0.25) is 0 Å². The molecule has 0 aliphatic heterocycles. The Hall–Kier alpha value is -2.79. The minimum absolute atomic E-state index is 0.104. The van der Waals surface area contributed by atoms with Crippen LogP contribution in [0.1, 0.15) is 29.3 Å². The first-order chi connectivity index (χ1) is 13.2. The lowest BCUT2D eigenvalue weighted by Gasteiger charge is -2.14. The summed E-state index contributed by atoms with van der Waals surface area (Å²) >= 11 is 0. The summed E-state index contributed by atoms with van der Waals surface area (Å²) in [7, 11) is 5.15. The van der Waals surface area contributed by atoms with Crippen molar-refractivity contribution in [2.45, 2.75) is 19.8 Å². The number of aryl methyl sites for hydroxylation is 2. The lowest BCUT2D eigenvalue weighted by atomic mass is 9.99. The molecule has 0 radical (unpaired) electrons. The second-order valence-corrected chi connectivity index (χ2v) is 6.39. The molecule has 0 amide bonds. The molecular formula is C22H25NO4. The zero-order valence-electron chi connectivity index (χ0n) is 16.2. The molecule has 0 saturated heterocycles. The summed E-state index contributed by atoms with van der Waals surface area (Å²) < 4.78 is 18.6. The van der Waals surface area contributed by atoms with Gasteiger partial charge in [-0.3, -0.25) is 4.79 Å². The molecule has 0 unspecified atom stereocenters. The minimum atomic E-state index is 0.104. The van der Waals surface area contributed by atoms with Gasteiger partial charge in [-0.15, -0.1) is 0 Å². The number of nitrogens with zero attached hydrogens (tertiary/aromatic N) is 1. The number of hydrogen-bond acceptors (Lipinski definition) is 4. The number of carbonyl (C=O) groups is 1. The highest BCUT2D eigenvalue weighted by molar-refractivity contribution is 6.06. The number of benzene rings is 2. The van der Waals surface area contributed by atoms with Gasteiger partial charge in [-0.2, -0.15) is 0 Å². The molecule has 1 heterocycles. The van der Waals surface area contributed by atoms with E-state index in [2.05, 4.69) is 23.6 Å². The van der Waals surface area contributed by atoms with Gasteiger partial charge < -0.3 is 18.8 Å². The average molecular weight is 367 g/mol. The number of aromatic nitrogens is 1. The van der Waals surface area contributed by atoms with Gasteiger partial charge in [0, 0.05) is 19.7 Å². The molecule has 0 fully saturated rings. The maximum absolute atomic E-state index is 11.8. The molecule has 2 aromatic carbocycles. The lowest BCUT2D eigenvalue weighted by Crippen LogP contribution is -2.03. The van der Waals surface area contributed by atoms with Crippen molar-refractivity contribution in [1.82, 2.24) is 4.57 Å². The maximum atomic E-state index is 11.8. The first kappa shape index (κ1) is 19.0. The van der Waals surface area contributed by atoms with Crippen molar-refractivity contribution in [2.75, 3.05) is 21.0 Å². The van der Waals surface area contributed by atoms with Crippen LogP contribution in [0.25, 0.3) is 22.2 Å². The summed E-state index contributed by atoms with van der Waals surface area (Å²) in [5.41, 5.74) is 4.77. The third-order valence-corrected chi connectivity index (χ3v) is 4.72. The Morgan fingerprint density at radius 1 is 1.15 bits per heavy atom. The highest BCUT2D eigenvalue weighted by Gasteiger charge is 2.25. The maximum Gasteiger partial charge on any atom is 0.188 e. The molecule has 3 rings (SSSR count). The van der Waals surface area contributed by atoms with E-state index in [4.69, 9.17) is 14.2 Å². The Bertz CT molecular complexity index is 944. The zero-order chi connectivity index (χ0) is 19.4. The van der Waals surface area contributed by atoms with Crippen LogP contribution < -0.4 is 9.47 Å². The van der Waals surface area contributed by atoms with Gasteiger partial charge in [0.2, 0.25) is 0 Å². The molecule has 0 atom stereocenters. The lowest BCUT2D eigenvalue weighted by molar-refractivity contribution is 0.0503. The Morgan fingerprint density at radius 3 is 2.48 bits per heavy atom. The van der Waals surface area contributed by atoms with E-state index in [0.717, 1.165) is 46.9 Å². The van der Waals surface area contributed by atoms with E-state index >= 15 is 0 Å². The van der Waals surface area contributed by atoms with E-state index in [1.807, 2.05) is 25.2 Å². The number of methoxy groups -OCH3 is 2. The van der Waals surface area contributed by atoms with Crippen molar-refractivity contribution in [1.29, 1.82) is 0 Å². The monoisotopic (exact) mass is 367 g/mol. The van der Waals surface area contributed by atoms with E-state index in [1.54, 1.807) is 20.3 Å². The standard InChI is InChI=1S/C22H25NO4/c1-5-9-17-19-21(23(2)20(17)15-10-7-6-8-11-15)16(13-24)12-18(26-4)22(19)27-14-25-3/h6-8,10-13H,5,9,14H2,1-4H3. The number of hydrogen-bond donors (Lipinski definition) is 0. The van der Waals surface area contributed by atoms with E-state index in [0.29, 0.717) is 17.1 Å². The largest absolute Gasteiger partial charge is 0.493 e.